The first-order valence-electron chi connectivity index (χ1n) is 9.82. The van der Waals surface area contributed by atoms with Gasteiger partial charge >= 0.3 is 0 Å². The van der Waals surface area contributed by atoms with Crippen LogP contribution in [0.2, 0.25) is 0 Å². The van der Waals surface area contributed by atoms with Gasteiger partial charge in [-0.05, 0) is 44.0 Å². The molecule has 0 fully saturated rings. The Balaban J connectivity index is 1.54. The van der Waals surface area contributed by atoms with E-state index in [0.29, 0.717) is 23.0 Å². The molecule has 0 N–H and O–H groups in total. The highest BCUT2D eigenvalue weighted by Gasteiger charge is 2.19. The van der Waals surface area contributed by atoms with E-state index in [0.717, 1.165) is 27.9 Å². The van der Waals surface area contributed by atoms with Crippen LogP contribution in [0.3, 0.4) is 0 Å². The topological polar surface area (TPSA) is 74.3 Å². The van der Waals surface area contributed by atoms with E-state index in [-0.39, 0.29) is 11.7 Å². The lowest BCUT2D eigenvalue weighted by Gasteiger charge is -2.16. The predicted molar refractivity (Wildman–Crippen MR) is 124 cm³/mol. The van der Waals surface area contributed by atoms with Crippen LogP contribution in [0, 0.1) is 13.8 Å². The molecule has 0 saturated heterocycles. The fourth-order valence-electron chi connectivity index (χ4n) is 3.37. The molecule has 0 aliphatic carbocycles. The molecule has 1 aromatic carbocycles. The van der Waals surface area contributed by atoms with Gasteiger partial charge < -0.3 is 4.74 Å². The van der Waals surface area contributed by atoms with Crippen molar-refractivity contribution in [2.45, 2.75) is 44.3 Å². The predicted octanol–water partition coefficient (Wildman–Crippen LogP) is 4.58. The van der Waals surface area contributed by atoms with Gasteiger partial charge in [-0.15, -0.1) is 28.1 Å². The molecule has 9 heteroatoms. The minimum atomic E-state index is -0.284. The molecule has 0 bridgehead atoms. The lowest BCUT2D eigenvalue weighted by atomic mass is 10.1. The smallest absolute Gasteiger partial charge is 0.258 e. The summed E-state index contributed by atoms with van der Waals surface area (Å²) in [6.45, 7) is 10.5. The number of benzene rings is 1. The van der Waals surface area contributed by atoms with Crippen LogP contribution < -0.4 is 10.3 Å². The van der Waals surface area contributed by atoms with Crippen molar-refractivity contribution in [2.24, 2.45) is 0 Å². The van der Waals surface area contributed by atoms with Crippen LogP contribution in [-0.2, 0) is 12.3 Å². The monoisotopic (exact) mass is 453 g/mol. The first-order chi connectivity index (χ1) is 14.9. The Labute approximate surface area is 188 Å². The zero-order valence-corrected chi connectivity index (χ0v) is 19.2. The highest BCUT2D eigenvalue weighted by Crippen LogP contribution is 2.27. The molecule has 4 aromatic rings. The number of hydrogen-bond donors (Lipinski definition) is 0. The first kappa shape index (κ1) is 21.3. The largest absolute Gasteiger partial charge is 0.483 e. The number of allylic oxidation sites excluding steroid dienone is 1. The Hall–Kier alpha value is -2.91. The fraction of sp³-hybridized carbons (Fsp3) is 0.273. The van der Waals surface area contributed by atoms with Crippen LogP contribution in [0.1, 0.15) is 35.7 Å². The van der Waals surface area contributed by atoms with Gasteiger partial charge in [-0.25, -0.2) is 4.98 Å². The van der Waals surface area contributed by atoms with Crippen molar-refractivity contribution in [3.8, 4) is 5.75 Å². The minimum absolute atomic E-state index is 0.0782. The summed E-state index contributed by atoms with van der Waals surface area (Å²) in [5.41, 5.74) is 2.94. The number of thioether (sulfide) groups is 1. The maximum absolute atomic E-state index is 12.2. The SMILES string of the molecule is C=CCn1c(SCc2cc(=O)n3ccsc3n2)nnc1C(C)Oc1cc(C)cc(C)c1. The first-order valence-corrected chi connectivity index (χ1v) is 11.7. The van der Waals surface area contributed by atoms with Crippen molar-refractivity contribution in [2.75, 3.05) is 0 Å². The van der Waals surface area contributed by atoms with Gasteiger partial charge in [0, 0.05) is 29.9 Å². The molecule has 1 unspecified atom stereocenters. The number of ether oxygens (including phenoxy) is 1. The molecule has 3 aromatic heterocycles. The summed E-state index contributed by atoms with van der Waals surface area (Å²) in [7, 11) is 0. The zero-order valence-electron chi connectivity index (χ0n) is 17.6. The van der Waals surface area contributed by atoms with Crippen molar-refractivity contribution in [1.29, 1.82) is 0 Å². The Bertz CT molecular complexity index is 1270. The normalized spacial score (nSPS) is 12.2. The number of thiazole rings is 1. The van der Waals surface area contributed by atoms with Gasteiger partial charge in [-0.3, -0.25) is 13.8 Å². The molecule has 1 atom stereocenters. The van der Waals surface area contributed by atoms with E-state index < -0.39 is 0 Å². The molecule has 4 rings (SSSR count). The lowest BCUT2D eigenvalue weighted by Crippen LogP contribution is -2.13. The average Bonchev–Trinajstić information content (AvgIpc) is 3.33. The number of fused-ring (bicyclic) bond motifs is 1. The molecule has 7 nitrogen and oxygen atoms in total. The van der Waals surface area contributed by atoms with E-state index in [9.17, 15) is 4.79 Å². The summed E-state index contributed by atoms with van der Waals surface area (Å²) in [5.74, 6) is 2.05. The molecular formula is C22H23N5O2S2. The molecule has 31 heavy (non-hydrogen) atoms. The van der Waals surface area contributed by atoms with Crippen LogP contribution in [0.4, 0.5) is 0 Å². The quantitative estimate of drug-likeness (QED) is 0.287. The van der Waals surface area contributed by atoms with Gasteiger partial charge in [-0.1, -0.05) is 23.9 Å². The number of nitrogens with zero attached hydrogens (tertiary/aromatic N) is 5. The van der Waals surface area contributed by atoms with Crippen LogP contribution in [0.25, 0.3) is 4.96 Å². The standard InChI is InChI=1S/C22H23N5O2S2/c1-5-6-27-20(16(4)29-18-10-14(2)9-15(3)11-18)24-25-22(27)31-13-17-12-19(28)26-7-8-30-21(26)23-17/h5,7-12,16H,1,6,13H2,2-4H3. The summed E-state index contributed by atoms with van der Waals surface area (Å²) in [5, 5.41) is 11.3. The third-order valence-corrected chi connectivity index (χ3v) is 6.39. The molecule has 0 amide bonds. The van der Waals surface area contributed by atoms with Crippen molar-refractivity contribution >= 4 is 28.1 Å². The molecular weight excluding hydrogens is 430 g/mol. The highest BCUT2D eigenvalue weighted by molar-refractivity contribution is 7.98. The maximum atomic E-state index is 12.2. The van der Waals surface area contributed by atoms with Crippen LogP contribution >= 0.6 is 23.1 Å². The number of aromatic nitrogens is 5. The van der Waals surface area contributed by atoms with Crippen LogP contribution in [0.5, 0.6) is 5.75 Å². The Morgan fingerprint density at radius 1 is 1.23 bits per heavy atom. The Morgan fingerprint density at radius 2 is 2.00 bits per heavy atom. The lowest BCUT2D eigenvalue weighted by molar-refractivity contribution is 0.210. The number of rotatable bonds is 8. The maximum Gasteiger partial charge on any atom is 0.258 e. The molecule has 0 aliphatic rings. The van der Waals surface area contributed by atoms with E-state index in [1.54, 1.807) is 16.7 Å². The van der Waals surface area contributed by atoms with Crippen molar-refractivity contribution in [1.82, 2.24) is 24.1 Å². The fourth-order valence-corrected chi connectivity index (χ4v) is 4.95. The third-order valence-electron chi connectivity index (χ3n) is 4.63. The molecule has 3 heterocycles. The van der Waals surface area contributed by atoms with E-state index in [1.165, 1.54) is 23.1 Å². The average molecular weight is 454 g/mol. The minimum Gasteiger partial charge on any atom is -0.483 e. The van der Waals surface area contributed by atoms with Gasteiger partial charge in [0.25, 0.3) is 5.56 Å². The summed E-state index contributed by atoms with van der Waals surface area (Å²) in [6, 6.07) is 7.70. The zero-order chi connectivity index (χ0) is 22.0. The van der Waals surface area contributed by atoms with E-state index in [2.05, 4.69) is 27.8 Å². The summed E-state index contributed by atoms with van der Waals surface area (Å²) < 4.78 is 9.69. The van der Waals surface area contributed by atoms with Crippen molar-refractivity contribution in [3.05, 3.63) is 81.5 Å². The van der Waals surface area contributed by atoms with Crippen LogP contribution in [0.15, 0.2) is 58.4 Å². The van der Waals surface area contributed by atoms with Crippen molar-refractivity contribution in [3.63, 3.8) is 0 Å². The Kier molecular flexibility index (Phi) is 6.24. The van der Waals surface area contributed by atoms with Gasteiger partial charge in [0.15, 0.2) is 22.0 Å². The second-order valence-corrected chi connectivity index (χ2v) is 9.07. The molecule has 160 valence electrons. The summed E-state index contributed by atoms with van der Waals surface area (Å²) in [6.07, 6.45) is 3.26. The van der Waals surface area contributed by atoms with E-state index in [4.69, 9.17) is 4.74 Å². The van der Waals surface area contributed by atoms with Gasteiger partial charge in [0.2, 0.25) is 0 Å². The molecule has 0 aliphatic heterocycles. The van der Waals surface area contributed by atoms with Gasteiger partial charge in [-0.2, -0.15) is 0 Å². The molecule has 0 spiro atoms. The van der Waals surface area contributed by atoms with E-state index >= 15 is 0 Å². The second-order valence-electron chi connectivity index (χ2n) is 7.25. The molecule has 0 saturated carbocycles. The van der Waals surface area contributed by atoms with Crippen molar-refractivity contribution < 1.29 is 4.74 Å². The van der Waals surface area contributed by atoms with Gasteiger partial charge in [0.1, 0.15) is 5.75 Å². The summed E-state index contributed by atoms with van der Waals surface area (Å²) >= 11 is 2.93. The third kappa shape index (κ3) is 4.72. The van der Waals surface area contributed by atoms with E-state index in [1.807, 2.05) is 48.9 Å². The number of aryl methyl sites for hydroxylation is 2. The highest BCUT2D eigenvalue weighted by atomic mass is 32.2. The molecule has 0 radical (unpaired) electrons. The van der Waals surface area contributed by atoms with Gasteiger partial charge in [0.05, 0.1) is 5.69 Å². The Morgan fingerprint density at radius 3 is 2.74 bits per heavy atom. The van der Waals surface area contributed by atoms with Crippen LogP contribution in [-0.4, -0.2) is 24.1 Å². The summed E-state index contributed by atoms with van der Waals surface area (Å²) in [4.78, 5) is 17.5. The number of hydrogen-bond acceptors (Lipinski definition) is 7. The second kappa shape index (κ2) is 9.07.